The van der Waals surface area contributed by atoms with Gasteiger partial charge in [0.2, 0.25) is 5.96 Å². The second kappa shape index (κ2) is 5.22. The molecule has 0 atom stereocenters. The maximum atomic E-state index is 11.4. The minimum atomic E-state index is -4.57. The minimum Gasteiger partial charge on any atom is -0.367 e. The number of nitrogens with two attached hydrogens (primary N) is 2. The Balaban J connectivity index is 2.43. The van der Waals surface area contributed by atoms with Gasteiger partial charge in [-0.15, -0.1) is 4.28 Å². The van der Waals surface area contributed by atoms with Crippen LogP contribution >= 0.6 is 0 Å². The number of nitro benzene ring substituents is 1. The molecule has 1 aromatic carbocycles. The van der Waals surface area contributed by atoms with E-state index < -0.39 is 27.2 Å². The van der Waals surface area contributed by atoms with Crippen LogP contribution in [0.2, 0.25) is 0 Å². The summed E-state index contributed by atoms with van der Waals surface area (Å²) in [5.74, 6) is -1.01. The fourth-order valence-corrected chi connectivity index (χ4v) is 1.84. The van der Waals surface area contributed by atoms with Crippen LogP contribution < -0.4 is 16.5 Å². The van der Waals surface area contributed by atoms with E-state index in [1.165, 1.54) is 12.1 Å². The molecule has 0 spiro atoms. The van der Waals surface area contributed by atoms with Crippen molar-refractivity contribution in [1.29, 1.82) is 0 Å². The summed E-state index contributed by atoms with van der Waals surface area (Å²) in [6.07, 6.45) is 0. The molecule has 2 rings (SSSR count). The fraction of sp³-hybridized carbons (Fsp3) is 0. The Morgan fingerprint density at radius 2 is 1.86 bits per heavy atom. The van der Waals surface area contributed by atoms with E-state index in [9.17, 15) is 18.5 Å². The van der Waals surface area contributed by atoms with Gasteiger partial charge < -0.3 is 11.5 Å². The van der Waals surface area contributed by atoms with Crippen molar-refractivity contribution in [2.45, 2.75) is 0 Å². The topological polar surface area (TPSA) is 176 Å². The second-order valence-corrected chi connectivity index (χ2v) is 4.66. The Bertz CT molecular complexity index is 726. The van der Waals surface area contributed by atoms with Gasteiger partial charge in [0.1, 0.15) is 0 Å². The molecule has 0 radical (unpaired) electrons. The summed E-state index contributed by atoms with van der Waals surface area (Å²) in [6.45, 7) is 0. The molecule has 1 heterocycles. The van der Waals surface area contributed by atoms with Crippen molar-refractivity contribution in [1.82, 2.24) is 0 Å². The zero-order valence-electron chi connectivity index (χ0n) is 10.1. The first-order valence-corrected chi connectivity index (χ1v) is 6.47. The van der Waals surface area contributed by atoms with E-state index in [0.29, 0.717) is 5.06 Å². The third kappa shape index (κ3) is 3.34. The van der Waals surface area contributed by atoms with E-state index in [1.54, 1.807) is 0 Å². The molecule has 21 heavy (non-hydrogen) atoms. The predicted molar refractivity (Wildman–Crippen MR) is 69.9 cm³/mol. The first-order valence-electron chi connectivity index (χ1n) is 5.14. The maximum absolute atomic E-state index is 11.4. The summed E-state index contributed by atoms with van der Waals surface area (Å²) in [5.41, 5.74) is 10.6. The molecule has 0 bridgehead atoms. The Morgan fingerprint density at radius 1 is 1.24 bits per heavy atom. The lowest BCUT2D eigenvalue weighted by Gasteiger charge is -2.21. The lowest BCUT2D eigenvalue weighted by atomic mass is 10.3. The van der Waals surface area contributed by atoms with Gasteiger partial charge in [0.05, 0.1) is 10.6 Å². The van der Waals surface area contributed by atoms with Crippen molar-refractivity contribution in [2.75, 3.05) is 5.06 Å². The Labute approximate surface area is 117 Å². The lowest BCUT2D eigenvalue weighted by molar-refractivity contribution is -0.384. The molecular weight excluding hydrogens is 308 g/mol. The highest BCUT2D eigenvalue weighted by Crippen LogP contribution is 2.21. The van der Waals surface area contributed by atoms with Crippen LogP contribution in [0, 0.1) is 10.1 Å². The van der Waals surface area contributed by atoms with Gasteiger partial charge in [-0.25, -0.2) is 4.28 Å². The number of oxime groups is 1. The van der Waals surface area contributed by atoms with Gasteiger partial charge in [-0.3, -0.25) is 10.1 Å². The average molecular weight is 316 g/mol. The van der Waals surface area contributed by atoms with Crippen LogP contribution in [0.5, 0.6) is 0 Å². The molecular formula is C8H8N6O6S. The quantitative estimate of drug-likeness (QED) is 0.519. The van der Waals surface area contributed by atoms with Crippen LogP contribution in [0.15, 0.2) is 34.4 Å². The Kier molecular flexibility index (Phi) is 3.60. The number of hydrogen-bond donors (Lipinski definition) is 2. The monoisotopic (exact) mass is 316 g/mol. The summed E-state index contributed by atoms with van der Waals surface area (Å²) in [5, 5.41) is 14.1. The number of rotatable bonds is 2. The van der Waals surface area contributed by atoms with Gasteiger partial charge in [0, 0.05) is 12.1 Å². The number of guanidine groups is 2. The maximum Gasteiger partial charge on any atom is 0.491 e. The fourth-order valence-electron chi connectivity index (χ4n) is 1.30. The summed E-state index contributed by atoms with van der Waals surface area (Å²) < 4.78 is 31.4. The Morgan fingerprint density at radius 3 is 2.43 bits per heavy atom. The van der Waals surface area contributed by atoms with E-state index in [1.807, 2.05) is 0 Å². The Hall–Kier alpha value is -2.93. The number of hydrogen-bond acceptors (Lipinski definition) is 11. The van der Waals surface area contributed by atoms with Crippen LogP contribution in [-0.4, -0.2) is 25.3 Å². The van der Waals surface area contributed by atoms with E-state index in [2.05, 4.69) is 18.7 Å². The minimum absolute atomic E-state index is 0.0451. The molecule has 1 aliphatic rings. The van der Waals surface area contributed by atoms with Gasteiger partial charge in [-0.2, -0.15) is 18.5 Å². The van der Waals surface area contributed by atoms with Crippen LogP contribution in [0.1, 0.15) is 0 Å². The number of nitrogens with zero attached hydrogens (tertiary/aromatic N) is 4. The number of aliphatic imine (C=N–C) groups is 1. The smallest absolute Gasteiger partial charge is 0.367 e. The zero-order valence-corrected chi connectivity index (χ0v) is 10.9. The third-order valence-corrected chi connectivity index (χ3v) is 2.71. The van der Waals surface area contributed by atoms with E-state index in [-0.39, 0.29) is 11.4 Å². The van der Waals surface area contributed by atoms with Crippen molar-refractivity contribution < 1.29 is 21.9 Å². The van der Waals surface area contributed by atoms with E-state index in [0.717, 1.165) is 12.1 Å². The molecule has 0 fully saturated rings. The SMILES string of the molecule is NC1=N/OS(=O)(=O)ON(c2ccc([N+](=O)[O-])cc2)/C(N)=N\1. The second-order valence-electron chi connectivity index (χ2n) is 3.54. The highest BCUT2D eigenvalue weighted by Gasteiger charge is 2.26. The summed E-state index contributed by atoms with van der Waals surface area (Å²) >= 11 is 0. The van der Waals surface area contributed by atoms with Crippen molar-refractivity contribution in [3.63, 3.8) is 0 Å². The van der Waals surface area contributed by atoms with Crippen LogP contribution in [0.25, 0.3) is 0 Å². The van der Waals surface area contributed by atoms with Crippen molar-refractivity contribution in [2.24, 2.45) is 21.6 Å². The van der Waals surface area contributed by atoms with Gasteiger partial charge >= 0.3 is 10.4 Å². The van der Waals surface area contributed by atoms with Crippen LogP contribution in [0.4, 0.5) is 11.4 Å². The van der Waals surface area contributed by atoms with Crippen molar-refractivity contribution >= 4 is 33.7 Å². The lowest BCUT2D eigenvalue weighted by Crippen LogP contribution is -2.41. The van der Waals surface area contributed by atoms with E-state index >= 15 is 0 Å². The number of anilines is 1. The summed E-state index contributed by atoms with van der Waals surface area (Å²) in [4.78, 5) is 13.5. The number of non-ortho nitro benzene ring substituents is 1. The average Bonchev–Trinajstić information content (AvgIpc) is 2.42. The van der Waals surface area contributed by atoms with Gasteiger partial charge in [-0.1, -0.05) is 0 Å². The molecule has 1 aliphatic heterocycles. The molecule has 1 aromatic rings. The van der Waals surface area contributed by atoms with Crippen molar-refractivity contribution in [3.8, 4) is 0 Å². The first-order chi connectivity index (χ1) is 9.78. The largest absolute Gasteiger partial charge is 0.491 e. The molecule has 0 saturated carbocycles. The number of hydroxylamine groups is 1. The first kappa shape index (κ1) is 14.5. The van der Waals surface area contributed by atoms with Gasteiger partial charge in [-0.05, 0) is 17.3 Å². The summed E-state index contributed by atoms with van der Waals surface area (Å²) in [6, 6.07) is 4.64. The predicted octanol–water partition coefficient (Wildman–Crippen LogP) is -0.848. The molecule has 13 heteroatoms. The standard InChI is InChI=1S/C8H8N6O6S/c9-7-11-8(10)13(20-21(17,18)19-12-7)5-1-3-6(4-2-5)14(15)16/h1-4H,(H4,9,10,11,12). The molecule has 0 saturated heterocycles. The summed E-state index contributed by atoms with van der Waals surface area (Å²) in [7, 11) is -4.57. The highest BCUT2D eigenvalue weighted by atomic mass is 32.3. The molecule has 0 amide bonds. The third-order valence-electron chi connectivity index (χ3n) is 2.12. The highest BCUT2D eigenvalue weighted by molar-refractivity contribution is 7.81. The van der Waals surface area contributed by atoms with E-state index in [4.69, 9.17) is 11.5 Å². The molecule has 112 valence electrons. The zero-order chi connectivity index (χ0) is 15.6. The van der Waals surface area contributed by atoms with Gasteiger partial charge in [0.25, 0.3) is 11.6 Å². The molecule has 12 nitrogen and oxygen atoms in total. The van der Waals surface area contributed by atoms with Gasteiger partial charge in [0.15, 0.2) is 0 Å². The van der Waals surface area contributed by atoms with Crippen molar-refractivity contribution in [3.05, 3.63) is 34.4 Å². The molecule has 0 aromatic heterocycles. The molecule has 4 N–H and O–H groups in total. The van der Waals surface area contributed by atoms with Crippen LogP contribution in [0.3, 0.4) is 0 Å². The number of nitro groups is 1. The number of benzene rings is 1. The van der Waals surface area contributed by atoms with Crippen LogP contribution in [-0.2, 0) is 19.0 Å². The molecule has 0 aliphatic carbocycles. The molecule has 0 unspecified atom stereocenters. The normalized spacial score (nSPS) is 22.8.